The maximum atomic E-state index is 11.6. The number of hydrogen-bond acceptors (Lipinski definition) is 5. The number of nitrogens with zero attached hydrogens (tertiary/aromatic N) is 3. The van der Waals surface area contributed by atoms with E-state index in [1.54, 1.807) is 16.7 Å². The average molecular weight is 289 g/mol. The Morgan fingerprint density at radius 2 is 2.05 bits per heavy atom. The van der Waals surface area contributed by atoms with Crippen LogP contribution in [-0.2, 0) is 17.7 Å². The zero-order valence-corrected chi connectivity index (χ0v) is 11.8. The van der Waals surface area contributed by atoms with Crippen LogP contribution >= 0.6 is 0 Å². The van der Waals surface area contributed by atoms with Crippen molar-refractivity contribution in [2.45, 2.75) is 19.9 Å². The summed E-state index contributed by atoms with van der Waals surface area (Å²) in [5, 5.41) is 10.6. The SMILES string of the molecule is COC(=O)c1cnc(C)n1CCc1ccc([N+](=O)[O-])cc1. The lowest BCUT2D eigenvalue weighted by Gasteiger charge is -2.09. The van der Waals surface area contributed by atoms with E-state index >= 15 is 0 Å². The van der Waals surface area contributed by atoms with Gasteiger partial charge in [0, 0.05) is 18.7 Å². The van der Waals surface area contributed by atoms with Crippen molar-refractivity contribution in [2.75, 3.05) is 7.11 Å². The molecule has 0 aliphatic rings. The zero-order valence-electron chi connectivity index (χ0n) is 11.8. The summed E-state index contributed by atoms with van der Waals surface area (Å²) in [5.41, 5.74) is 1.41. The van der Waals surface area contributed by atoms with E-state index in [9.17, 15) is 14.9 Å². The third kappa shape index (κ3) is 3.25. The number of methoxy groups -OCH3 is 1. The van der Waals surface area contributed by atoms with Gasteiger partial charge in [-0.1, -0.05) is 12.1 Å². The number of aryl methyl sites for hydroxylation is 2. The average Bonchev–Trinajstić information content (AvgIpc) is 2.85. The number of hydrogen-bond donors (Lipinski definition) is 0. The predicted molar refractivity (Wildman–Crippen MR) is 75.1 cm³/mol. The quantitative estimate of drug-likeness (QED) is 0.478. The van der Waals surface area contributed by atoms with E-state index in [1.165, 1.54) is 25.4 Å². The number of non-ortho nitro benzene ring substituents is 1. The molecule has 2 aromatic rings. The van der Waals surface area contributed by atoms with E-state index in [4.69, 9.17) is 4.74 Å². The minimum atomic E-state index is -0.431. The Bertz CT molecular complexity index is 661. The van der Waals surface area contributed by atoms with Gasteiger partial charge in [0.25, 0.3) is 5.69 Å². The highest BCUT2D eigenvalue weighted by atomic mass is 16.6. The summed E-state index contributed by atoms with van der Waals surface area (Å²) in [6.45, 7) is 2.36. The van der Waals surface area contributed by atoms with E-state index in [0.717, 1.165) is 11.4 Å². The van der Waals surface area contributed by atoms with Crippen LogP contribution in [0.1, 0.15) is 21.9 Å². The van der Waals surface area contributed by atoms with Gasteiger partial charge in [-0.05, 0) is 18.9 Å². The molecule has 0 atom stereocenters. The number of carbonyl (C=O) groups is 1. The summed E-state index contributed by atoms with van der Waals surface area (Å²) in [6.07, 6.45) is 2.12. The molecule has 1 aromatic heterocycles. The number of benzene rings is 1. The molecule has 0 bridgehead atoms. The largest absolute Gasteiger partial charge is 0.464 e. The standard InChI is InChI=1S/C14H15N3O4/c1-10-15-9-13(14(18)21-2)16(10)8-7-11-3-5-12(6-4-11)17(19)20/h3-6,9H,7-8H2,1-2H3. The number of aromatic nitrogens is 2. The van der Waals surface area contributed by atoms with Crippen molar-refractivity contribution >= 4 is 11.7 Å². The van der Waals surface area contributed by atoms with Gasteiger partial charge in [-0.3, -0.25) is 10.1 Å². The first-order valence-electron chi connectivity index (χ1n) is 6.36. The fourth-order valence-corrected chi connectivity index (χ4v) is 2.04. The lowest BCUT2D eigenvalue weighted by molar-refractivity contribution is -0.384. The molecule has 1 heterocycles. The van der Waals surface area contributed by atoms with Crippen LogP contribution in [0, 0.1) is 17.0 Å². The number of rotatable bonds is 5. The number of carbonyl (C=O) groups excluding carboxylic acids is 1. The van der Waals surface area contributed by atoms with Crippen LogP contribution in [0.3, 0.4) is 0 Å². The maximum absolute atomic E-state index is 11.6. The molecule has 0 radical (unpaired) electrons. The molecule has 0 unspecified atom stereocenters. The lowest BCUT2D eigenvalue weighted by atomic mass is 10.1. The van der Waals surface area contributed by atoms with E-state index in [2.05, 4.69) is 4.98 Å². The van der Waals surface area contributed by atoms with Crippen LogP contribution in [0.25, 0.3) is 0 Å². The van der Waals surface area contributed by atoms with E-state index in [-0.39, 0.29) is 5.69 Å². The van der Waals surface area contributed by atoms with Crippen LogP contribution < -0.4 is 0 Å². The van der Waals surface area contributed by atoms with Crippen molar-refractivity contribution in [3.05, 3.63) is 57.7 Å². The normalized spacial score (nSPS) is 10.4. The van der Waals surface area contributed by atoms with E-state index in [0.29, 0.717) is 18.7 Å². The summed E-state index contributed by atoms with van der Waals surface area (Å²) in [6, 6.07) is 6.36. The molecule has 0 spiro atoms. The lowest BCUT2D eigenvalue weighted by Crippen LogP contribution is -2.13. The number of nitro groups is 1. The second kappa shape index (κ2) is 6.17. The molecule has 0 fully saturated rings. The third-order valence-electron chi connectivity index (χ3n) is 3.22. The molecule has 0 saturated carbocycles. The second-order valence-corrected chi connectivity index (χ2v) is 4.51. The first-order chi connectivity index (χ1) is 10.0. The molecule has 0 saturated heterocycles. The van der Waals surface area contributed by atoms with Crippen molar-refractivity contribution in [2.24, 2.45) is 0 Å². The van der Waals surface area contributed by atoms with Crippen LogP contribution in [0.4, 0.5) is 5.69 Å². The van der Waals surface area contributed by atoms with Gasteiger partial charge < -0.3 is 9.30 Å². The predicted octanol–water partition coefficient (Wildman–Crippen LogP) is 2.13. The summed E-state index contributed by atoms with van der Waals surface area (Å²) < 4.78 is 6.48. The van der Waals surface area contributed by atoms with Crippen molar-refractivity contribution < 1.29 is 14.5 Å². The number of esters is 1. The van der Waals surface area contributed by atoms with Crippen LogP contribution in [0.5, 0.6) is 0 Å². The Hall–Kier alpha value is -2.70. The number of ether oxygens (including phenoxy) is 1. The van der Waals surface area contributed by atoms with Gasteiger partial charge in [0.1, 0.15) is 11.5 Å². The van der Waals surface area contributed by atoms with Gasteiger partial charge in [-0.2, -0.15) is 0 Å². The van der Waals surface area contributed by atoms with Gasteiger partial charge in [0.15, 0.2) is 0 Å². The minimum absolute atomic E-state index is 0.0628. The third-order valence-corrected chi connectivity index (χ3v) is 3.22. The van der Waals surface area contributed by atoms with Crippen molar-refractivity contribution in [3.8, 4) is 0 Å². The molecule has 7 heteroatoms. The number of nitro benzene ring substituents is 1. The minimum Gasteiger partial charge on any atom is -0.464 e. The molecule has 0 aliphatic heterocycles. The van der Waals surface area contributed by atoms with Crippen LogP contribution in [0.15, 0.2) is 30.5 Å². The van der Waals surface area contributed by atoms with Gasteiger partial charge in [0.2, 0.25) is 0 Å². The molecule has 7 nitrogen and oxygen atoms in total. The van der Waals surface area contributed by atoms with E-state index < -0.39 is 10.9 Å². The molecule has 2 rings (SSSR count). The van der Waals surface area contributed by atoms with Crippen molar-refractivity contribution in [1.29, 1.82) is 0 Å². The first kappa shape index (κ1) is 14.7. The number of imidazole rings is 1. The van der Waals surface area contributed by atoms with Crippen molar-refractivity contribution in [1.82, 2.24) is 9.55 Å². The smallest absolute Gasteiger partial charge is 0.356 e. The second-order valence-electron chi connectivity index (χ2n) is 4.51. The summed E-state index contributed by atoms with van der Waals surface area (Å²) >= 11 is 0. The molecule has 0 amide bonds. The fraction of sp³-hybridized carbons (Fsp3) is 0.286. The Morgan fingerprint density at radius 3 is 2.62 bits per heavy atom. The van der Waals surface area contributed by atoms with Gasteiger partial charge in [-0.15, -0.1) is 0 Å². The highest BCUT2D eigenvalue weighted by Crippen LogP contribution is 2.14. The fourth-order valence-electron chi connectivity index (χ4n) is 2.04. The summed E-state index contributed by atoms with van der Waals surface area (Å²) in [4.78, 5) is 25.9. The molecule has 110 valence electrons. The Balaban J connectivity index is 2.11. The first-order valence-corrected chi connectivity index (χ1v) is 6.36. The summed E-state index contributed by atoms with van der Waals surface area (Å²) in [5.74, 6) is 0.289. The maximum Gasteiger partial charge on any atom is 0.356 e. The Labute approximate surface area is 121 Å². The van der Waals surface area contributed by atoms with Gasteiger partial charge in [0.05, 0.1) is 18.2 Å². The molecular formula is C14H15N3O4. The topological polar surface area (TPSA) is 87.3 Å². The molecule has 0 aliphatic carbocycles. The molecule has 21 heavy (non-hydrogen) atoms. The monoisotopic (exact) mass is 289 g/mol. The molecule has 1 aromatic carbocycles. The Morgan fingerprint density at radius 1 is 1.38 bits per heavy atom. The highest BCUT2D eigenvalue weighted by molar-refractivity contribution is 5.87. The van der Waals surface area contributed by atoms with Gasteiger partial charge >= 0.3 is 5.97 Å². The molecular weight excluding hydrogens is 274 g/mol. The summed E-state index contributed by atoms with van der Waals surface area (Å²) in [7, 11) is 1.32. The van der Waals surface area contributed by atoms with Crippen LogP contribution in [-0.4, -0.2) is 27.6 Å². The zero-order chi connectivity index (χ0) is 15.4. The Kier molecular flexibility index (Phi) is 4.32. The van der Waals surface area contributed by atoms with Crippen molar-refractivity contribution in [3.63, 3.8) is 0 Å². The van der Waals surface area contributed by atoms with E-state index in [1.807, 2.05) is 6.92 Å². The molecule has 0 N–H and O–H groups in total. The van der Waals surface area contributed by atoms with Gasteiger partial charge in [-0.25, -0.2) is 9.78 Å². The van der Waals surface area contributed by atoms with Crippen LogP contribution in [0.2, 0.25) is 0 Å². The highest BCUT2D eigenvalue weighted by Gasteiger charge is 2.14.